The van der Waals surface area contributed by atoms with Crippen LogP contribution in [0.1, 0.15) is 0 Å². The van der Waals surface area contributed by atoms with Gasteiger partial charge in [0.25, 0.3) is 0 Å². The fraction of sp³-hybridized carbons (Fsp3) is 0. The highest BCUT2D eigenvalue weighted by Crippen LogP contribution is 2.46. The number of rotatable bonds is 2. The van der Waals surface area contributed by atoms with Gasteiger partial charge in [-0.3, -0.25) is 0 Å². The van der Waals surface area contributed by atoms with E-state index in [9.17, 15) is 0 Å². The number of nitrogens with zero attached hydrogens (tertiary/aromatic N) is 1. The van der Waals surface area contributed by atoms with Crippen LogP contribution in [0.15, 0.2) is 60.8 Å². The van der Waals surface area contributed by atoms with Crippen molar-refractivity contribution in [3.8, 4) is 23.0 Å². The van der Waals surface area contributed by atoms with Gasteiger partial charge in [0, 0.05) is 18.0 Å². The van der Waals surface area contributed by atoms with E-state index < -0.39 is 0 Å². The molecule has 0 bridgehead atoms. The van der Waals surface area contributed by atoms with E-state index in [4.69, 9.17) is 15.2 Å². The standard InChI is InChI=1S/C17H13N3O2/c18-11-5-7-12(8-6-11)21-15-9-10-19-17-16(15)22-14-4-2-1-3-13(14)20-17/h1-10H,18H2,(H,19,20). The molecule has 1 aliphatic heterocycles. The Balaban J connectivity index is 1.70. The molecule has 108 valence electrons. The van der Waals surface area contributed by atoms with Gasteiger partial charge in [0.15, 0.2) is 17.3 Å². The van der Waals surface area contributed by atoms with Gasteiger partial charge in [-0.15, -0.1) is 0 Å². The summed E-state index contributed by atoms with van der Waals surface area (Å²) in [5, 5.41) is 3.24. The van der Waals surface area contributed by atoms with Gasteiger partial charge in [0.1, 0.15) is 5.75 Å². The van der Waals surface area contributed by atoms with Gasteiger partial charge in [0.05, 0.1) is 5.69 Å². The van der Waals surface area contributed by atoms with Crippen LogP contribution in [-0.4, -0.2) is 4.98 Å². The second-order valence-electron chi connectivity index (χ2n) is 4.88. The second-order valence-corrected chi connectivity index (χ2v) is 4.88. The topological polar surface area (TPSA) is 69.4 Å². The monoisotopic (exact) mass is 291 g/mol. The Labute approximate surface area is 127 Å². The summed E-state index contributed by atoms with van der Waals surface area (Å²) in [6.45, 7) is 0. The summed E-state index contributed by atoms with van der Waals surface area (Å²) in [4.78, 5) is 4.30. The number of nitrogens with one attached hydrogen (secondary N) is 1. The highest BCUT2D eigenvalue weighted by molar-refractivity contribution is 5.75. The first-order chi connectivity index (χ1) is 10.8. The predicted octanol–water partition coefficient (Wildman–Crippen LogP) is 4.31. The maximum Gasteiger partial charge on any atom is 0.212 e. The number of nitrogens with two attached hydrogens (primary N) is 1. The van der Waals surface area contributed by atoms with Crippen molar-refractivity contribution in [2.24, 2.45) is 0 Å². The lowest BCUT2D eigenvalue weighted by Crippen LogP contribution is -2.05. The maximum atomic E-state index is 5.93. The molecule has 5 heteroatoms. The zero-order valence-corrected chi connectivity index (χ0v) is 11.6. The molecule has 0 spiro atoms. The van der Waals surface area contributed by atoms with E-state index in [0.29, 0.717) is 28.8 Å². The third-order valence-corrected chi connectivity index (χ3v) is 3.33. The van der Waals surface area contributed by atoms with Crippen LogP contribution in [0.4, 0.5) is 17.2 Å². The zero-order valence-electron chi connectivity index (χ0n) is 11.6. The Morgan fingerprint density at radius 2 is 1.82 bits per heavy atom. The van der Waals surface area contributed by atoms with Crippen LogP contribution < -0.4 is 20.5 Å². The van der Waals surface area contributed by atoms with E-state index in [-0.39, 0.29) is 0 Å². The first-order valence-electron chi connectivity index (χ1n) is 6.86. The van der Waals surface area contributed by atoms with E-state index in [1.807, 2.05) is 36.4 Å². The molecule has 0 amide bonds. The summed E-state index contributed by atoms with van der Waals surface area (Å²) >= 11 is 0. The Bertz CT molecular complexity index is 832. The van der Waals surface area contributed by atoms with Crippen molar-refractivity contribution in [1.29, 1.82) is 0 Å². The number of nitrogen functional groups attached to an aromatic ring is 1. The number of aromatic nitrogens is 1. The average Bonchev–Trinajstić information content (AvgIpc) is 2.55. The van der Waals surface area contributed by atoms with Crippen molar-refractivity contribution in [1.82, 2.24) is 4.98 Å². The second kappa shape index (κ2) is 4.96. The van der Waals surface area contributed by atoms with Crippen molar-refractivity contribution in [3.63, 3.8) is 0 Å². The molecule has 2 aromatic carbocycles. The van der Waals surface area contributed by atoms with Crippen LogP contribution in [0.25, 0.3) is 0 Å². The first-order valence-corrected chi connectivity index (χ1v) is 6.86. The number of anilines is 3. The van der Waals surface area contributed by atoms with Gasteiger partial charge in [0.2, 0.25) is 5.75 Å². The fourth-order valence-electron chi connectivity index (χ4n) is 2.26. The maximum absolute atomic E-state index is 5.93. The third-order valence-electron chi connectivity index (χ3n) is 3.33. The van der Waals surface area contributed by atoms with Crippen LogP contribution in [-0.2, 0) is 0 Å². The largest absolute Gasteiger partial charge is 0.453 e. The first kappa shape index (κ1) is 12.5. The van der Waals surface area contributed by atoms with Gasteiger partial charge in [-0.2, -0.15) is 0 Å². The summed E-state index contributed by atoms with van der Waals surface area (Å²) < 4.78 is 11.8. The molecule has 4 rings (SSSR count). The molecule has 3 N–H and O–H groups in total. The zero-order chi connectivity index (χ0) is 14.9. The van der Waals surface area contributed by atoms with Gasteiger partial charge >= 0.3 is 0 Å². The van der Waals surface area contributed by atoms with E-state index in [1.54, 1.807) is 24.4 Å². The summed E-state index contributed by atoms with van der Waals surface area (Å²) in [5.41, 5.74) is 7.26. The van der Waals surface area contributed by atoms with E-state index in [2.05, 4.69) is 10.3 Å². The average molecular weight is 291 g/mol. The number of ether oxygens (including phenoxy) is 2. The number of para-hydroxylation sites is 2. The lowest BCUT2D eigenvalue weighted by molar-refractivity contribution is 0.416. The van der Waals surface area contributed by atoms with E-state index in [1.165, 1.54) is 0 Å². The summed E-state index contributed by atoms with van der Waals surface area (Å²) in [7, 11) is 0. The molecule has 1 aliphatic rings. The molecule has 0 unspecified atom stereocenters. The smallest absolute Gasteiger partial charge is 0.212 e. The molecule has 0 aliphatic carbocycles. The molecule has 22 heavy (non-hydrogen) atoms. The van der Waals surface area contributed by atoms with Crippen molar-refractivity contribution in [2.75, 3.05) is 11.1 Å². The van der Waals surface area contributed by atoms with Gasteiger partial charge < -0.3 is 20.5 Å². The summed E-state index contributed by atoms with van der Waals surface area (Å²) in [6, 6.07) is 16.7. The van der Waals surface area contributed by atoms with Gasteiger partial charge in [-0.25, -0.2) is 4.98 Å². The lowest BCUT2D eigenvalue weighted by Gasteiger charge is -2.22. The minimum atomic E-state index is 0.568. The number of hydrogen-bond acceptors (Lipinski definition) is 5. The van der Waals surface area contributed by atoms with Gasteiger partial charge in [-0.05, 0) is 36.4 Å². The number of hydrogen-bond donors (Lipinski definition) is 2. The SMILES string of the molecule is Nc1ccc(Oc2ccnc3c2Oc2ccccc2N3)cc1. The molecule has 1 aromatic heterocycles. The van der Waals surface area contributed by atoms with Crippen LogP contribution >= 0.6 is 0 Å². The number of benzene rings is 2. The van der Waals surface area contributed by atoms with Crippen molar-refractivity contribution in [3.05, 3.63) is 60.8 Å². The van der Waals surface area contributed by atoms with Crippen LogP contribution in [0.2, 0.25) is 0 Å². The van der Waals surface area contributed by atoms with Crippen LogP contribution in [0, 0.1) is 0 Å². The Kier molecular flexibility index (Phi) is 2.83. The van der Waals surface area contributed by atoms with Gasteiger partial charge in [-0.1, -0.05) is 12.1 Å². The molecule has 0 radical (unpaired) electrons. The molecular formula is C17H13N3O2. The molecule has 0 atom stereocenters. The highest BCUT2D eigenvalue weighted by atomic mass is 16.5. The molecule has 0 saturated carbocycles. The van der Waals surface area contributed by atoms with Crippen molar-refractivity contribution >= 4 is 17.2 Å². The van der Waals surface area contributed by atoms with Crippen LogP contribution in [0.3, 0.4) is 0 Å². The molecular weight excluding hydrogens is 278 g/mol. The van der Waals surface area contributed by atoms with Crippen LogP contribution in [0.5, 0.6) is 23.0 Å². The normalized spacial score (nSPS) is 11.6. The predicted molar refractivity (Wildman–Crippen MR) is 85.0 cm³/mol. The molecule has 2 heterocycles. The number of fused-ring (bicyclic) bond motifs is 2. The van der Waals surface area contributed by atoms with E-state index in [0.717, 1.165) is 11.4 Å². The quantitative estimate of drug-likeness (QED) is 0.539. The number of pyridine rings is 1. The third kappa shape index (κ3) is 2.18. The van der Waals surface area contributed by atoms with Crippen molar-refractivity contribution in [2.45, 2.75) is 0 Å². The molecule has 3 aromatic rings. The minimum absolute atomic E-state index is 0.568. The summed E-state index contributed by atoms with van der Waals surface area (Å²) in [5.74, 6) is 3.22. The molecule has 0 saturated heterocycles. The molecule has 0 fully saturated rings. The Hall–Kier alpha value is -3.21. The minimum Gasteiger partial charge on any atom is -0.453 e. The van der Waals surface area contributed by atoms with Crippen molar-refractivity contribution < 1.29 is 9.47 Å². The highest BCUT2D eigenvalue weighted by Gasteiger charge is 2.21. The molecule has 5 nitrogen and oxygen atoms in total. The van der Waals surface area contributed by atoms with E-state index >= 15 is 0 Å². The summed E-state index contributed by atoms with van der Waals surface area (Å²) in [6.07, 6.45) is 1.68. The Morgan fingerprint density at radius 3 is 2.68 bits per heavy atom. The Morgan fingerprint density at radius 1 is 1.00 bits per heavy atom. The lowest BCUT2D eigenvalue weighted by atomic mass is 10.2. The fourth-order valence-corrected chi connectivity index (χ4v) is 2.26.